The van der Waals surface area contributed by atoms with Crippen molar-refractivity contribution in [3.05, 3.63) is 87.2 Å². The Bertz CT molecular complexity index is 1520. The summed E-state index contributed by atoms with van der Waals surface area (Å²) in [7, 11) is 0. The Kier molecular flexibility index (Phi) is 6.46. The summed E-state index contributed by atoms with van der Waals surface area (Å²) < 4.78 is 1.75. The summed E-state index contributed by atoms with van der Waals surface area (Å²) >= 11 is 2.67. The van der Waals surface area contributed by atoms with E-state index in [2.05, 4.69) is 28.5 Å². The first-order valence-electron chi connectivity index (χ1n) is 12.7. The Labute approximate surface area is 224 Å². The van der Waals surface area contributed by atoms with Crippen LogP contribution >= 0.6 is 23.1 Å². The Hall–Kier alpha value is -3.23. The zero-order valence-corrected chi connectivity index (χ0v) is 22.3. The molecule has 1 saturated carbocycles. The van der Waals surface area contributed by atoms with E-state index in [0.717, 1.165) is 60.2 Å². The van der Waals surface area contributed by atoms with E-state index in [9.17, 15) is 9.59 Å². The van der Waals surface area contributed by atoms with Crippen molar-refractivity contribution in [2.75, 3.05) is 11.1 Å². The number of rotatable bonds is 5. The first-order chi connectivity index (χ1) is 18.1. The lowest BCUT2D eigenvalue weighted by atomic mass is 9.62. The van der Waals surface area contributed by atoms with Gasteiger partial charge in [-0.25, -0.2) is 9.97 Å². The van der Waals surface area contributed by atoms with Crippen molar-refractivity contribution in [1.29, 1.82) is 0 Å². The maximum Gasteiger partial charge on any atom is 0.263 e. The zero-order valence-electron chi connectivity index (χ0n) is 20.7. The molecule has 188 valence electrons. The third-order valence-electron chi connectivity index (χ3n) is 7.56. The molecule has 1 N–H and O–H groups in total. The van der Waals surface area contributed by atoms with Gasteiger partial charge in [0.15, 0.2) is 10.3 Å². The van der Waals surface area contributed by atoms with Crippen LogP contribution in [0.5, 0.6) is 0 Å². The summed E-state index contributed by atoms with van der Waals surface area (Å²) in [6.45, 7) is 2.01. The maximum absolute atomic E-state index is 14.6. The summed E-state index contributed by atoms with van der Waals surface area (Å²) in [4.78, 5) is 36.6. The number of anilines is 1. The van der Waals surface area contributed by atoms with Crippen molar-refractivity contribution in [1.82, 2.24) is 14.5 Å². The highest BCUT2D eigenvalue weighted by atomic mass is 32.2. The van der Waals surface area contributed by atoms with Crippen LogP contribution in [0.4, 0.5) is 5.13 Å². The van der Waals surface area contributed by atoms with Crippen molar-refractivity contribution in [2.45, 2.75) is 56.0 Å². The molecule has 8 heteroatoms. The van der Waals surface area contributed by atoms with Crippen LogP contribution in [-0.2, 0) is 16.6 Å². The molecule has 0 saturated heterocycles. The van der Waals surface area contributed by atoms with E-state index >= 15 is 0 Å². The van der Waals surface area contributed by atoms with Gasteiger partial charge in [-0.1, -0.05) is 73.5 Å². The molecule has 37 heavy (non-hydrogen) atoms. The number of benzene rings is 2. The van der Waals surface area contributed by atoms with E-state index < -0.39 is 0 Å². The third kappa shape index (κ3) is 4.42. The van der Waals surface area contributed by atoms with Crippen molar-refractivity contribution >= 4 is 34.1 Å². The van der Waals surface area contributed by atoms with E-state index in [1.165, 1.54) is 35.1 Å². The molecule has 2 aromatic heterocycles. The molecule has 0 bridgehead atoms. The summed E-state index contributed by atoms with van der Waals surface area (Å²) in [5, 5.41) is 5.76. The highest BCUT2D eigenvalue weighted by molar-refractivity contribution is 7.99. The summed E-state index contributed by atoms with van der Waals surface area (Å²) in [5.74, 6) is -0.0452. The van der Waals surface area contributed by atoms with E-state index in [4.69, 9.17) is 4.98 Å². The van der Waals surface area contributed by atoms with Crippen molar-refractivity contribution in [3.63, 3.8) is 0 Å². The predicted octanol–water partition coefficient (Wildman–Crippen LogP) is 6.15. The van der Waals surface area contributed by atoms with Crippen LogP contribution < -0.4 is 10.9 Å². The normalized spacial score (nSPS) is 15.7. The Balaban J connectivity index is 1.52. The summed E-state index contributed by atoms with van der Waals surface area (Å²) in [5.41, 5.74) is 5.56. The second-order valence-corrected chi connectivity index (χ2v) is 11.7. The van der Waals surface area contributed by atoms with Gasteiger partial charge in [0.05, 0.1) is 22.7 Å². The van der Waals surface area contributed by atoms with Gasteiger partial charge in [0.2, 0.25) is 5.91 Å². The van der Waals surface area contributed by atoms with Crippen LogP contribution in [-0.4, -0.2) is 26.2 Å². The quantitative estimate of drug-likeness (QED) is 0.248. The lowest BCUT2D eigenvalue weighted by molar-refractivity contribution is -0.113. The molecule has 6 rings (SSSR count). The third-order valence-corrected chi connectivity index (χ3v) is 9.19. The fourth-order valence-corrected chi connectivity index (χ4v) is 7.23. The number of carbonyl (C=O) groups excluding carboxylic acids is 1. The molecule has 6 nitrogen and oxygen atoms in total. The smallest absolute Gasteiger partial charge is 0.263 e. The minimum atomic E-state index is -0.193. The molecule has 1 amide bonds. The number of thiazole rings is 1. The van der Waals surface area contributed by atoms with E-state index in [-0.39, 0.29) is 22.6 Å². The maximum atomic E-state index is 14.6. The fraction of sp³-hybridized carbons (Fsp3) is 0.310. The zero-order chi connectivity index (χ0) is 25.4. The van der Waals surface area contributed by atoms with Gasteiger partial charge in [-0.3, -0.25) is 14.2 Å². The first kappa shape index (κ1) is 24.1. The van der Waals surface area contributed by atoms with E-state index in [1.54, 1.807) is 10.8 Å². The van der Waals surface area contributed by atoms with E-state index in [1.807, 2.05) is 42.6 Å². The molecule has 4 aromatic rings. The number of hydrogen-bond acceptors (Lipinski definition) is 6. The molecule has 1 fully saturated rings. The van der Waals surface area contributed by atoms with Crippen LogP contribution in [0.25, 0.3) is 16.9 Å². The SMILES string of the molecule is Cc1ccccc1-n1c(SCC(=O)Nc2nccs2)nc2c(c1=O)C1(CCCCC1)Cc1ccccc1-2. The number of fused-ring (bicyclic) bond motifs is 4. The van der Waals surface area contributed by atoms with Crippen molar-refractivity contribution in [2.24, 2.45) is 0 Å². The van der Waals surface area contributed by atoms with Crippen molar-refractivity contribution < 1.29 is 4.79 Å². The first-order valence-corrected chi connectivity index (χ1v) is 14.6. The van der Waals surface area contributed by atoms with Gasteiger partial charge in [0.1, 0.15) is 0 Å². The number of aryl methyl sites for hydroxylation is 1. The molecule has 0 radical (unpaired) electrons. The Morgan fingerprint density at radius 2 is 1.89 bits per heavy atom. The lowest BCUT2D eigenvalue weighted by Crippen LogP contribution is -2.43. The second kappa shape index (κ2) is 9.91. The number of nitrogens with one attached hydrogen (secondary N) is 1. The molecule has 2 aliphatic carbocycles. The molecule has 0 aliphatic heterocycles. The fourth-order valence-electron chi connectivity index (χ4n) is 5.88. The van der Waals surface area contributed by atoms with Crippen LogP contribution in [0.3, 0.4) is 0 Å². The highest BCUT2D eigenvalue weighted by Crippen LogP contribution is 2.49. The van der Waals surface area contributed by atoms with Gasteiger partial charge >= 0.3 is 0 Å². The van der Waals surface area contributed by atoms with Gasteiger partial charge in [-0.15, -0.1) is 11.3 Å². The molecule has 2 aromatic carbocycles. The molecule has 2 aliphatic rings. The Morgan fingerprint density at radius 3 is 2.68 bits per heavy atom. The van der Waals surface area contributed by atoms with Crippen LogP contribution in [0.2, 0.25) is 0 Å². The molecule has 1 spiro atoms. The van der Waals surface area contributed by atoms with Crippen LogP contribution in [0.1, 0.15) is 48.8 Å². The number of thioether (sulfide) groups is 1. The van der Waals surface area contributed by atoms with Crippen LogP contribution in [0, 0.1) is 6.92 Å². The average molecular weight is 529 g/mol. The molecule has 0 atom stereocenters. The number of carbonyl (C=O) groups is 1. The number of hydrogen-bond donors (Lipinski definition) is 1. The van der Waals surface area contributed by atoms with Gasteiger partial charge in [0, 0.05) is 22.6 Å². The predicted molar refractivity (Wildman–Crippen MR) is 150 cm³/mol. The van der Waals surface area contributed by atoms with Gasteiger partial charge in [0.25, 0.3) is 5.56 Å². The largest absolute Gasteiger partial charge is 0.301 e. The minimum Gasteiger partial charge on any atom is -0.301 e. The van der Waals surface area contributed by atoms with Crippen LogP contribution in [0.15, 0.2) is 70.1 Å². The topological polar surface area (TPSA) is 76.9 Å². The summed E-state index contributed by atoms with van der Waals surface area (Å²) in [6.07, 6.45) is 8.00. The number of para-hydroxylation sites is 1. The highest BCUT2D eigenvalue weighted by Gasteiger charge is 2.43. The van der Waals surface area contributed by atoms with Gasteiger partial charge in [-0.05, 0) is 43.4 Å². The summed E-state index contributed by atoms with van der Waals surface area (Å²) in [6, 6.07) is 16.3. The van der Waals surface area contributed by atoms with Crippen molar-refractivity contribution in [3.8, 4) is 16.9 Å². The molecule has 2 heterocycles. The van der Waals surface area contributed by atoms with Gasteiger partial charge in [-0.2, -0.15) is 0 Å². The number of nitrogens with zero attached hydrogens (tertiary/aromatic N) is 3. The standard InChI is InChI=1S/C29H28N4O2S2/c1-19-9-3-6-12-22(19)33-26(35)24-25(32-28(33)37-18-23(34)31-27-30-15-16-36-27)21-11-5-4-10-20(21)17-29(24)13-7-2-8-14-29/h3-6,9-12,15-16H,2,7-8,13-14,17-18H2,1H3,(H,30,31,34). The number of amides is 1. The van der Waals surface area contributed by atoms with Gasteiger partial charge < -0.3 is 5.32 Å². The minimum absolute atomic E-state index is 0.00136. The molecular weight excluding hydrogens is 500 g/mol. The lowest BCUT2D eigenvalue weighted by Gasteiger charge is -2.42. The monoisotopic (exact) mass is 528 g/mol. The number of aromatic nitrogens is 3. The second-order valence-electron chi connectivity index (χ2n) is 9.89. The van der Waals surface area contributed by atoms with E-state index in [0.29, 0.717) is 10.3 Å². The Morgan fingerprint density at radius 1 is 1.11 bits per heavy atom. The average Bonchev–Trinajstić information content (AvgIpc) is 3.41. The molecular formula is C29H28N4O2S2. The molecule has 0 unspecified atom stereocenters.